The predicted molar refractivity (Wildman–Crippen MR) is 166 cm³/mol. The van der Waals surface area contributed by atoms with Gasteiger partial charge in [-0.1, -0.05) is 69.5 Å². The Morgan fingerprint density at radius 2 is 1.77 bits per heavy atom. The lowest BCUT2D eigenvalue weighted by atomic mass is 9.68. The van der Waals surface area contributed by atoms with Crippen molar-refractivity contribution in [1.82, 2.24) is 0 Å². The second-order valence-corrected chi connectivity index (χ2v) is 13.2. The standard InChI is InChI=1S/C33H31Br2N3O2/c1-19-12-21(18-40-25-10-8-22(34)9-11-25)20(2)26(13-19)30-27(17-36)32(37)38(24-7-5-6-23(35)14-24)28-15-33(3,4)16-29(39)31(28)30/h5-14,30H,15-16,18,37H2,1-4H3. The van der Waals surface area contributed by atoms with Gasteiger partial charge >= 0.3 is 0 Å². The van der Waals surface area contributed by atoms with Crippen LogP contribution in [0.5, 0.6) is 5.75 Å². The van der Waals surface area contributed by atoms with Crippen molar-refractivity contribution >= 4 is 43.3 Å². The number of anilines is 1. The summed E-state index contributed by atoms with van der Waals surface area (Å²) in [7, 11) is 0. The van der Waals surface area contributed by atoms with E-state index in [1.54, 1.807) is 0 Å². The van der Waals surface area contributed by atoms with Crippen LogP contribution in [0.3, 0.4) is 0 Å². The van der Waals surface area contributed by atoms with Crippen molar-refractivity contribution in [1.29, 1.82) is 5.26 Å². The maximum Gasteiger partial charge on any atom is 0.162 e. The third kappa shape index (κ3) is 5.35. The molecule has 3 aromatic rings. The van der Waals surface area contributed by atoms with Crippen LogP contribution in [0.2, 0.25) is 0 Å². The number of nitriles is 1. The summed E-state index contributed by atoms with van der Waals surface area (Å²) in [6.45, 7) is 8.66. The van der Waals surface area contributed by atoms with Gasteiger partial charge in [0.25, 0.3) is 0 Å². The normalized spacial score (nSPS) is 18.5. The first-order valence-corrected chi connectivity index (χ1v) is 14.8. The van der Waals surface area contributed by atoms with Crippen molar-refractivity contribution in [3.8, 4) is 11.8 Å². The number of nitrogens with two attached hydrogens (primary N) is 1. The van der Waals surface area contributed by atoms with Gasteiger partial charge in [-0.3, -0.25) is 9.69 Å². The zero-order chi connectivity index (χ0) is 28.8. The Bertz CT molecular complexity index is 1610. The SMILES string of the molecule is Cc1cc(COc2ccc(Br)cc2)c(C)c(C2C(C#N)=C(N)N(c3cccc(Br)c3)C3=C2C(=O)CC(C)(C)C3)c1. The van der Waals surface area contributed by atoms with Crippen LogP contribution in [-0.4, -0.2) is 5.78 Å². The number of carbonyl (C=O) groups is 1. The number of nitrogens with zero attached hydrogens (tertiary/aromatic N) is 2. The molecule has 1 atom stereocenters. The molecule has 204 valence electrons. The van der Waals surface area contributed by atoms with E-state index < -0.39 is 5.92 Å². The summed E-state index contributed by atoms with van der Waals surface area (Å²) in [4.78, 5) is 15.9. The number of hydrogen-bond donors (Lipinski definition) is 1. The fourth-order valence-corrected chi connectivity index (χ4v) is 6.49. The van der Waals surface area contributed by atoms with Crippen molar-refractivity contribution in [2.24, 2.45) is 11.1 Å². The zero-order valence-corrected chi connectivity index (χ0v) is 26.2. The fourth-order valence-electron chi connectivity index (χ4n) is 5.84. The highest BCUT2D eigenvalue weighted by Crippen LogP contribution is 2.51. The molecule has 5 rings (SSSR count). The van der Waals surface area contributed by atoms with Gasteiger partial charge in [0.05, 0.1) is 17.6 Å². The monoisotopic (exact) mass is 659 g/mol. The summed E-state index contributed by atoms with van der Waals surface area (Å²) in [5.41, 5.74) is 13.3. The van der Waals surface area contributed by atoms with Gasteiger partial charge < -0.3 is 10.5 Å². The highest BCUT2D eigenvalue weighted by Gasteiger charge is 2.45. The predicted octanol–water partition coefficient (Wildman–Crippen LogP) is 8.35. The van der Waals surface area contributed by atoms with Crippen LogP contribution < -0.4 is 15.4 Å². The second kappa shape index (κ2) is 10.9. The van der Waals surface area contributed by atoms with Gasteiger partial charge in [0.15, 0.2) is 5.78 Å². The first kappa shape index (κ1) is 28.2. The number of ether oxygens (including phenoxy) is 1. The summed E-state index contributed by atoms with van der Waals surface area (Å²) < 4.78 is 8.01. The number of halogens is 2. The van der Waals surface area contributed by atoms with Gasteiger partial charge in [-0.15, -0.1) is 0 Å². The van der Waals surface area contributed by atoms with E-state index in [1.807, 2.05) is 67.3 Å². The van der Waals surface area contributed by atoms with E-state index in [0.29, 0.717) is 36.4 Å². The highest BCUT2D eigenvalue weighted by atomic mass is 79.9. The van der Waals surface area contributed by atoms with Gasteiger partial charge in [0.2, 0.25) is 0 Å². The van der Waals surface area contributed by atoms with E-state index in [0.717, 1.165) is 48.3 Å². The van der Waals surface area contributed by atoms with Crippen molar-refractivity contribution in [2.75, 3.05) is 4.90 Å². The van der Waals surface area contributed by atoms with Gasteiger partial charge in [-0.2, -0.15) is 5.26 Å². The Hall–Kier alpha value is -3.34. The lowest BCUT2D eigenvalue weighted by molar-refractivity contribution is -0.118. The fraction of sp³-hybridized carbons (Fsp3) is 0.273. The molecule has 1 aliphatic heterocycles. The van der Waals surface area contributed by atoms with Crippen LogP contribution in [0.4, 0.5) is 5.69 Å². The summed E-state index contributed by atoms with van der Waals surface area (Å²) in [6, 6.07) is 22.1. The third-order valence-electron chi connectivity index (χ3n) is 7.67. The largest absolute Gasteiger partial charge is 0.489 e. The second-order valence-electron chi connectivity index (χ2n) is 11.3. The molecule has 2 N–H and O–H groups in total. The Morgan fingerprint density at radius 1 is 1.05 bits per heavy atom. The first-order valence-electron chi connectivity index (χ1n) is 13.2. The van der Waals surface area contributed by atoms with Crippen LogP contribution in [0.1, 0.15) is 54.9 Å². The molecule has 1 unspecified atom stereocenters. The van der Waals surface area contributed by atoms with Crippen LogP contribution in [0.15, 0.2) is 92.3 Å². The Morgan fingerprint density at radius 3 is 2.45 bits per heavy atom. The van der Waals surface area contributed by atoms with E-state index in [1.165, 1.54) is 0 Å². The lowest BCUT2D eigenvalue weighted by Crippen LogP contribution is -2.42. The molecule has 0 aromatic heterocycles. The molecule has 0 fully saturated rings. The van der Waals surface area contributed by atoms with Crippen LogP contribution >= 0.6 is 31.9 Å². The number of carbonyl (C=O) groups excluding carboxylic acids is 1. The molecule has 0 saturated carbocycles. The average Bonchev–Trinajstić information content (AvgIpc) is 2.88. The van der Waals surface area contributed by atoms with Crippen LogP contribution in [0.25, 0.3) is 0 Å². The molecule has 0 radical (unpaired) electrons. The Kier molecular flexibility index (Phi) is 7.69. The number of aryl methyl sites for hydroxylation is 1. The summed E-state index contributed by atoms with van der Waals surface area (Å²) in [5, 5.41) is 10.5. The summed E-state index contributed by atoms with van der Waals surface area (Å²) >= 11 is 7.03. The lowest BCUT2D eigenvalue weighted by Gasteiger charge is -2.44. The topological polar surface area (TPSA) is 79.3 Å². The van der Waals surface area contributed by atoms with Crippen molar-refractivity contribution in [3.63, 3.8) is 0 Å². The van der Waals surface area contributed by atoms with E-state index >= 15 is 0 Å². The molecule has 1 aliphatic carbocycles. The molecule has 1 heterocycles. The Balaban J connectivity index is 1.67. The maximum atomic E-state index is 14.0. The molecule has 5 nitrogen and oxygen atoms in total. The minimum Gasteiger partial charge on any atom is -0.489 e. The van der Waals surface area contributed by atoms with Crippen molar-refractivity contribution < 1.29 is 9.53 Å². The quantitative estimate of drug-likeness (QED) is 0.298. The molecular weight excluding hydrogens is 630 g/mol. The van der Waals surface area contributed by atoms with Crippen LogP contribution in [-0.2, 0) is 11.4 Å². The minimum absolute atomic E-state index is 0.0602. The van der Waals surface area contributed by atoms with E-state index in [4.69, 9.17) is 10.5 Å². The number of rotatable bonds is 5. The minimum atomic E-state index is -0.543. The number of Topliss-reactive ketones (excluding diaryl/α,β-unsaturated/α-hetero) is 1. The summed E-state index contributed by atoms with van der Waals surface area (Å²) in [5.74, 6) is 0.649. The molecule has 7 heteroatoms. The van der Waals surface area contributed by atoms with Gasteiger partial charge in [0.1, 0.15) is 18.2 Å². The Labute approximate surface area is 252 Å². The van der Waals surface area contributed by atoms with Gasteiger partial charge in [-0.05, 0) is 84.8 Å². The van der Waals surface area contributed by atoms with E-state index in [2.05, 4.69) is 63.9 Å². The van der Waals surface area contributed by atoms with Gasteiger partial charge in [0, 0.05) is 32.3 Å². The van der Waals surface area contributed by atoms with E-state index in [9.17, 15) is 10.1 Å². The highest BCUT2D eigenvalue weighted by molar-refractivity contribution is 9.10. The van der Waals surface area contributed by atoms with Crippen LogP contribution in [0, 0.1) is 30.6 Å². The molecule has 0 amide bonds. The molecule has 0 bridgehead atoms. The molecule has 0 saturated heterocycles. The molecule has 0 spiro atoms. The molecule has 2 aliphatic rings. The molecule has 40 heavy (non-hydrogen) atoms. The average molecular weight is 661 g/mol. The van der Waals surface area contributed by atoms with E-state index in [-0.39, 0.29) is 11.2 Å². The maximum absolute atomic E-state index is 14.0. The smallest absolute Gasteiger partial charge is 0.162 e. The first-order chi connectivity index (χ1) is 19.0. The number of ketones is 1. The van der Waals surface area contributed by atoms with Gasteiger partial charge in [-0.25, -0.2) is 0 Å². The zero-order valence-electron chi connectivity index (χ0n) is 23.0. The van der Waals surface area contributed by atoms with Crippen molar-refractivity contribution in [2.45, 2.75) is 53.1 Å². The van der Waals surface area contributed by atoms with Crippen molar-refractivity contribution in [3.05, 3.63) is 115 Å². The molecular formula is C33H31Br2N3O2. The molecule has 3 aromatic carbocycles. The summed E-state index contributed by atoms with van der Waals surface area (Å²) in [6.07, 6.45) is 1.08. The number of benzene rings is 3. The number of allylic oxidation sites excluding steroid dienone is 3. The third-order valence-corrected chi connectivity index (χ3v) is 8.69. The number of hydrogen-bond acceptors (Lipinski definition) is 5.